The van der Waals surface area contributed by atoms with Crippen molar-refractivity contribution < 1.29 is 31.1 Å². The Morgan fingerprint density at radius 2 is 1.57 bits per heavy atom. The molecule has 1 N–H and O–H groups in total. The second kappa shape index (κ2) is 12.0. The Labute approximate surface area is 235 Å². The number of ether oxygens (including phenoxy) is 1. The quantitative estimate of drug-likeness (QED) is 0.227. The van der Waals surface area contributed by atoms with Crippen molar-refractivity contribution in [2.45, 2.75) is 24.5 Å². The molecule has 0 heterocycles. The summed E-state index contributed by atoms with van der Waals surface area (Å²) in [5, 5.41) is 1.86. The average molecular weight is 589 g/mol. The lowest BCUT2D eigenvalue weighted by molar-refractivity contribution is -0.137. The molecule has 0 bridgehead atoms. The first-order valence-electron chi connectivity index (χ1n) is 12.0. The van der Waals surface area contributed by atoms with Crippen LogP contribution >= 0.6 is 11.6 Å². The van der Waals surface area contributed by atoms with Gasteiger partial charge in [0.2, 0.25) is 0 Å². The predicted molar refractivity (Wildman–Crippen MR) is 148 cm³/mol. The fourth-order valence-corrected chi connectivity index (χ4v) is 5.45. The summed E-state index contributed by atoms with van der Waals surface area (Å²) in [6, 6.07) is 24.9. The number of anilines is 2. The summed E-state index contributed by atoms with van der Waals surface area (Å²) in [5.74, 6) is -0.425. The van der Waals surface area contributed by atoms with E-state index in [1.165, 1.54) is 22.5 Å². The molecule has 0 fully saturated rings. The lowest BCUT2D eigenvalue weighted by Crippen LogP contribution is -2.30. The van der Waals surface area contributed by atoms with Gasteiger partial charge in [-0.25, -0.2) is 8.42 Å². The van der Waals surface area contributed by atoms with Crippen LogP contribution in [0.4, 0.5) is 24.5 Å². The number of aryl methyl sites for hydroxylation is 1. The summed E-state index contributed by atoms with van der Waals surface area (Å²) in [6.07, 6.45) is -4.67. The highest BCUT2D eigenvalue weighted by Crippen LogP contribution is 2.36. The lowest BCUT2D eigenvalue weighted by Gasteiger charge is -2.25. The first-order valence-corrected chi connectivity index (χ1v) is 13.8. The molecular weight excluding hydrogens is 565 g/mol. The molecule has 0 aromatic heterocycles. The van der Waals surface area contributed by atoms with Gasteiger partial charge in [-0.2, -0.15) is 13.2 Å². The van der Waals surface area contributed by atoms with Gasteiger partial charge < -0.3 is 10.1 Å². The minimum atomic E-state index is -4.67. The zero-order chi connectivity index (χ0) is 28.9. The Kier molecular flexibility index (Phi) is 8.70. The number of carbonyl (C=O) groups excluding carboxylic acids is 1. The van der Waals surface area contributed by atoms with E-state index in [1.807, 2.05) is 37.3 Å². The van der Waals surface area contributed by atoms with E-state index in [-0.39, 0.29) is 22.9 Å². The SMILES string of the molecule is Cc1ccc(S(=O)(=O)N(Cc2ccccc2)c2ccc(OCC(=O)Nc3ccc(Cl)c(C(F)(F)F)c3)cc2)cc1. The monoisotopic (exact) mass is 588 g/mol. The standard InChI is InChI=1S/C29H24ClF3N2O4S/c1-20-7-14-25(15-8-20)40(37,38)35(18-21-5-3-2-4-6-21)23-10-12-24(13-11-23)39-19-28(36)34-22-9-16-27(30)26(17-22)29(31,32)33/h2-17H,18-19H2,1H3,(H,34,36). The molecule has 6 nitrogen and oxygen atoms in total. The van der Waals surface area contributed by atoms with Gasteiger partial charge in [0.1, 0.15) is 5.75 Å². The summed E-state index contributed by atoms with van der Waals surface area (Å²) in [7, 11) is -3.92. The summed E-state index contributed by atoms with van der Waals surface area (Å²) < 4.78 is 73.1. The van der Waals surface area contributed by atoms with Crippen LogP contribution in [0, 0.1) is 6.92 Å². The van der Waals surface area contributed by atoms with Gasteiger partial charge in [0, 0.05) is 5.69 Å². The topological polar surface area (TPSA) is 75.7 Å². The van der Waals surface area contributed by atoms with Crippen molar-refractivity contribution in [2.24, 2.45) is 0 Å². The van der Waals surface area contributed by atoms with E-state index in [9.17, 15) is 26.4 Å². The number of sulfonamides is 1. The predicted octanol–water partition coefficient (Wildman–Crippen LogP) is 7.08. The minimum absolute atomic E-state index is 0.0840. The molecule has 4 rings (SSSR count). The van der Waals surface area contributed by atoms with E-state index in [1.54, 1.807) is 36.4 Å². The number of halogens is 4. The molecule has 0 unspecified atom stereocenters. The van der Waals surface area contributed by atoms with Crippen LogP contribution in [0.15, 0.2) is 102 Å². The van der Waals surface area contributed by atoms with Gasteiger partial charge in [-0.05, 0) is 67.1 Å². The van der Waals surface area contributed by atoms with E-state index in [0.717, 1.165) is 23.3 Å². The number of alkyl halides is 3. The maximum atomic E-state index is 13.6. The van der Waals surface area contributed by atoms with Crippen LogP contribution in [0.3, 0.4) is 0 Å². The number of amides is 1. The van der Waals surface area contributed by atoms with Gasteiger partial charge in [-0.1, -0.05) is 59.6 Å². The molecule has 208 valence electrons. The van der Waals surface area contributed by atoms with Crippen molar-refractivity contribution in [1.29, 1.82) is 0 Å². The maximum absolute atomic E-state index is 13.6. The van der Waals surface area contributed by atoms with Gasteiger partial charge in [-0.15, -0.1) is 0 Å². The maximum Gasteiger partial charge on any atom is 0.417 e. The fraction of sp³-hybridized carbons (Fsp3) is 0.138. The highest BCUT2D eigenvalue weighted by atomic mass is 35.5. The largest absolute Gasteiger partial charge is 0.484 e. The first-order chi connectivity index (χ1) is 18.9. The van der Waals surface area contributed by atoms with Crippen molar-refractivity contribution in [3.63, 3.8) is 0 Å². The van der Waals surface area contributed by atoms with Gasteiger partial charge in [0.05, 0.1) is 27.7 Å². The number of rotatable bonds is 9. The number of nitrogens with one attached hydrogen (secondary N) is 1. The minimum Gasteiger partial charge on any atom is -0.484 e. The molecule has 0 aliphatic heterocycles. The second-order valence-electron chi connectivity index (χ2n) is 8.83. The molecule has 4 aromatic carbocycles. The number of hydrogen-bond donors (Lipinski definition) is 1. The molecule has 11 heteroatoms. The summed E-state index contributed by atoms with van der Waals surface area (Å²) >= 11 is 5.61. The summed E-state index contributed by atoms with van der Waals surface area (Å²) in [4.78, 5) is 12.4. The van der Waals surface area contributed by atoms with E-state index >= 15 is 0 Å². The highest BCUT2D eigenvalue weighted by molar-refractivity contribution is 7.92. The molecule has 1 amide bonds. The van der Waals surface area contributed by atoms with Crippen molar-refractivity contribution in [1.82, 2.24) is 0 Å². The number of nitrogens with zero attached hydrogens (tertiary/aromatic N) is 1. The summed E-state index contributed by atoms with van der Waals surface area (Å²) in [5.41, 5.74) is 0.937. The zero-order valence-electron chi connectivity index (χ0n) is 21.2. The van der Waals surface area contributed by atoms with Crippen molar-refractivity contribution in [3.8, 4) is 5.75 Å². The number of hydrogen-bond acceptors (Lipinski definition) is 4. The first kappa shape index (κ1) is 29.0. The molecule has 0 saturated carbocycles. The molecule has 0 atom stereocenters. The Hall–Kier alpha value is -4.02. The fourth-order valence-electron chi connectivity index (χ4n) is 3.78. The van der Waals surface area contributed by atoms with Crippen LogP contribution in [0.1, 0.15) is 16.7 Å². The average Bonchev–Trinajstić information content (AvgIpc) is 2.92. The Balaban J connectivity index is 1.48. The summed E-state index contributed by atoms with van der Waals surface area (Å²) in [6.45, 7) is 1.46. The number of benzene rings is 4. The smallest absolute Gasteiger partial charge is 0.417 e. The number of carbonyl (C=O) groups is 1. The molecule has 40 heavy (non-hydrogen) atoms. The molecular formula is C29H24ClF3N2O4S. The third kappa shape index (κ3) is 7.13. The molecule has 0 aliphatic rings. The van der Waals surface area contributed by atoms with Crippen LogP contribution in [0.2, 0.25) is 5.02 Å². The van der Waals surface area contributed by atoms with E-state index in [4.69, 9.17) is 16.3 Å². The van der Waals surface area contributed by atoms with Crippen molar-refractivity contribution >= 4 is 38.9 Å². The molecule has 0 saturated heterocycles. The van der Waals surface area contributed by atoms with Crippen LogP contribution in [-0.2, 0) is 27.5 Å². The zero-order valence-corrected chi connectivity index (χ0v) is 22.7. The van der Waals surface area contributed by atoms with Gasteiger partial charge in [-0.3, -0.25) is 9.10 Å². The van der Waals surface area contributed by atoms with Crippen LogP contribution in [-0.4, -0.2) is 20.9 Å². The molecule has 0 aliphatic carbocycles. The van der Waals surface area contributed by atoms with Crippen molar-refractivity contribution in [3.05, 3.63) is 119 Å². The van der Waals surface area contributed by atoms with Crippen LogP contribution in [0.5, 0.6) is 5.75 Å². The highest BCUT2D eigenvalue weighted by Gasteiger charge is 2.33. The van der Waals surface area contributed by atoms with Gasteiger partial charge in [0.25, 0.3) is 15.9 Å². The van der Waals surface area contributed by atoms with E-state index < -0.39 is 39.3 Å². The third-order valence-electron chi connectivity index (χ3n) is 5.83. The normalized spacial score (nSPS) is 11.6. The molecule has 4 aromatic rings. The molecule has 0 radical (unpaired) electrons. The Morgan fingerprint density at radius 1 is 0.925 bits per heavy atom. The Bertz CT molecular complexity index is 1580. The second-order valence-corrected chi connectivity index (χ2v) is 11.1. The molecule has 0 spiro atoms. The van der Waals surface area contributed by atoms with Gasteiger partial charge in [0.15, 0.2) is 6.61 Å². The third-order valence-corrected chi connectivity index (χ3v) is 7.95. The van der Waals surface area contributed by atoms with E-state index in [0.29, 0.717) is 5.69 Å². The Morgan fingerprint density at radius 3 is 2.20 bits per heavy atom. The van der Waals surface area contributed by atoms with Gasteiger partial charge >= 0.3 is 6.18 Å². The lowest BCUT2D eigenvalue weighted by atomic mass is 10.2. The van der Waals surface area contributed by atoms with Crippen LogP contribution in [0.25, 0.3) is 0 Å². The van der Waals surface area contributed by atoms with E-state index in [2.05, 4.69) is 5.32 Å². The van der Waals surface area contributed by atoms with Crippen LogP contribution < -0.4 is 14.4 Å². The van der Waals surface area contributed by atoms with Crippen molar-refractivity contribution in [2.75, 3.05) is 16.2 Å².